The molecule has 18 heavy (non-hydrogen) atoms. The molecule has 1 heterocycles. The summed E-state index contributed by atoms with van der Waals surface area (Å²) in [6, 6.07) is 6.87. The monoisotopic (exact) mass is 266 g/mol. The van der Waals surface area contributed by atoms with E-state index in [9.17, 15) is 9.59 Å². The van der Waals surface area contributed by atoms with Crippen molar-refractivity contribution in [3.05, 3.63) is 24.3 Å². The maximum atomic E-state index is 12.1. The fraction of sp³-hybridized carbons (Fsp3) is 0.333. The van der Waals surface area contributed by atoms with Gasteiger partial charge >= 0.3 is 5.97 Å². The van der Waals surface area contributed by atoms with E-state index in [0.717, 1.165) is 10.6 Å². The van der Waals surface area contributed by atoms with Gasteiger partial charge < -0.3 is 15.7 Å². The second kappa shape index (κ2) is 5.41. The highest BCUT2D eigenvalue weighted by Crippen LogP contribution is 2.33. The molecule has 1 unspecified atom stereocenters. The fourth-order valence-corrected chi connectivity index (χ4v) is 2.81. The van der Waals surface area contributed by atoms with E-state index in [0.29, 0.717) is 5.75 Å². The van der Waals surface area contributed by atoms with Crippen molar-refractivity contribution in [3.8, 4) is 0 Å². The number of thioether (sulfide) groups is 1. The van der Waals surface area contributed by atoms with E-state index in [1.54, 1.807) is 0 Å². The van der Waals surface area contributed by atoms with Crippen LogP contribution >= 0.6 is 11.8 Å². The number of carbonyl (C=O) groups is 2. The molecule has 1 aromatic carbocycles. The number of carboxylic acids is 1. The van der Waals surface area contributed by atoms with Crippen LogP contribution in [-0.2, 0) is 9.59 Å². The van der Waals surface area contributed by atoms with Crippen molar-refractivity contribution in [1.29, 1.82) is 0 Å². The van der Waals surface area contributed by atoms with E-state index >= 15 is 0 Å². The van der Waals surface area contributed by atoms with Gasteiger partial charge in [-0.3, -0.25) is 9.59 Å². The van der Waals surface area contributed by atoms with Gasteiger partial charge in [0.15, 0.2) is 0 Å². The summed E-state index contributed by atoms with van der Waals surface area (Å²) in [6.07, 6.45) is -0.0859. The van der Waals surface area contributed by atoms with E-state index < -0.39 is 12.0 Å². The Morgan fingerprint density at radius 1 is 1.50 bits per heavy atom. The molecule has 0 spiro atoms. The molecule has 5 nitrogen and oxygen atoms in total. The normalized spacial score (nSPS) is 19.3. The third-order valence-electron chi connectivity index (χ3n) is 2.71. The first-order valence-corrected chi connectivity index (χ1v) is 6.58. The molecule has 0 aromatic heterocycles. The lowest BCUT2D eigenvalue weighted by atomic mass is 10.2. The Kier molecular flexibility index (Phi) is 3.88. The Labute approximate surface area is 109 Å². The van der Waals surface area contributed by atoms with Crippen LogP contribution < -0.4 is 10.6 Å². The molecule has 0 fully saturated rings. The molecule has 1 aromatic rings. The molecule has 96 valence electrons. The number of rotatable bonds is 3. The third-order valence-corrected chi connectivity index (χ3v) is 3.89. The molecule has 1 aliphatic rings. The van der Waals surface area contributed by atoms with Gasteiger partial charge in [0.2, 0.25) is 5.91 Å². The summed E-state index contributed by atoms with van der Waals surface area (Å²) in [4.78, 5) is 25.2. The van der Waals surface area contributed by atoms with Crippen molar-refractivity contribution in [2.24, 2.45) is 5.73 Å². The molecule has 1 atom stereocenters. The summed E-state index contributed by atoms with van der Waals surface area (Å²) < 4.78 is 0. The molecule has 0 radical (unpaired) electrons. The van der Waals surface area contributed by atoms with Crippen LogP contribution in [0.3, 0.4) is 0 Å². The molecule has 1 aliphatic heterocycles. The maximum Gasteiger partial charge on any atom is 0.305 e. The molecule has 6 heteroatoms. The lowest BCUT2D eigenvalue weighted by molar-refractivity contribution is -0.136. The molecular weight excluding hydrogens is 252 g/mol. The summed E-state index contributed by atoms with van der Waals surface area (Å²) in [5.41, 5.74) is 6.55. The Morgan fingerprint density at radius 2 is 2.22 bits per heavy atom. The predicted molar refractivity (Wildman–Crippen MR) is 69.7 cm³/mol. The molecule has 0 aliphatic carbocycles. The number of fused-ring (bicyclic) bond motifs is 1. The Bertz CT molecular complexity index is 478. The van der Waals surface area contributed by atoms with E-state index in [2.05, 4.69) is 0 Å². The summed E-state index contributed by atoms with van der Waals surface area (Å²) in [6.45, 7) is 0.152. The average Bonchev–Trinajstić information content (AvgIpc) is 2.47. The van der Waals surface area contributed by atoms with Crippen LogP contribution in [0, 0.1) is 0 Å². The van der Waals surface area contributed by atoms with Gasteiger partial charge in [-0.2, -0.15) is 0 Å². The van der Waals surface area contributed by atoms with Crippen LogP contribution in [-0.4, -0.2) is 35.3 Å². The SMILES string of the molecule is NC1CSc2ccccc2N(CCC(=O)O)C1=O. The number of para-hydroxylation sites is 1. The van der Waals surface area contributed by atoms with Gasteiger partial charge in [-0.1, -0.05) is 12.1 Å². The molecule has 2 rings (SSSR count). The zero-order valence-corrected chi connectivity index (χ0v) is 10.5. The van der Waals surface area contributed by atoms with E-state index in [1.807, 2.05) is 24.3 Å². The average molecular weight is 266 g/mol. The smallest absolute Gasteiger partial charge is 0.305 e. The van der Waals surface area contributed by atoms with Gasteiger partial charge in [0.25, 0.3) is 0 Å². The molecule has 3 N–H and O–H groups in total. The number of carbonyl (C=O) groups excluding carboxylic acids is 1. The van der Waals surface area contributed by atoms with Gasteiger partial charge in [0.1, 0.15) is 0 Å². The van der Waals surface area contributed by atoms with Crippen molar-refractivity contribution in [1.82, 2.24) is 0 Å². The highest BCUT2D eigenvalue weighted by Gasteiger charge is 2.28. The van der Waals surface area contributed by atoms with E-state index in [-0.39, 0.29) is 18.9 Å². The zero-order valence-electron chi connectivity index (χ0n) is 9.70. The van der Waals surface area contributed by atoms with Gasteiger partial charge in [-0.15, -0.1) is 11.8 Å². The van der Waals surface area contributed by atoms with Gasteiger partial charge in [-0.05, 0) is 12.1 Å². The molecule has 1 amide bonds. The number of nitrogens with zero attached hydrogens (tertiary/aromatic N) is 1. The van der Waals surface area contributed by atoms with Gasteiger partial charge in [-0.25, -0.2) is 0 Å². The van der Waals surface area contributed by atoms with Crippen molar-refractivity contribution < 1.29 is 14.7 Å². The third kappa shape index (κ3) is 2.65. The number of nitrogens with two attached hydrogens (primary N) is 1. The first-order valence-electron chi connectivity index (χ1n) is 5.60. The number of benzene rings is 1. The van der Waals surface area contributed by atoms with Crippen LogP contribution in [0.4, 0.5) is 5.69 Å². The van der Waals surface area contributed by atoms with Crippen molar-refractivity contribution in [2.75, 3.05) is 17.2 Å². The second-order valence-electron chi connectivity index (χ2n) is 4.02. The topological polar surface area (TPSA) is 83.6 Å². The molecule has 0 bridgehead atoms. The standard InChI is InChI=1S/C12H14N2O3S/c13-8-7-18-10-4-2-1-3-9(10)14(12(8)17)6-5-11(15)16/h1-4,8H,5-7,13H2,(H,15,16). The van der Waals surface area contributed by atoms with Crippen LogP contribution in [0.5, 0.6) is 0 Å². The summed E-state index contributed by atoms with van der Waals surface area (Å²) in [7, 11) is 0. The molecular formula is C12H14N2O3S. The summed E-state index contributed by atoms with van der Waals surface area (Å²) in [5, 5.41) is 8.74. The second-order valence-corrected chi connectivity index (χ2v) is 5.08. The van der Waals surface area contributed by atoms with Crippen molar-refractivity contribution >= 4 is 29.3 Å². The largest absolute Gasteiger partial charge is 0.481 e. The maximum absolute atomic E-state index is 12.1. The van der Waals surface area contributed by atoms with Crippen LogP contribution in [0.2, 0.25) is 0 Å². The Morgan fingerprint density at radius 3 is 2.94 bits per heavy atom. The highest BCUT2D eigenvalue weighted by atomic mass is 32.2. The first-order chi connectivity index (χ1) is 8.59. The zero-order chi connectivity index (χ0) is 13.1. The highest BCUT2D eigenvalue weighted by molar-refractivity contribution is 7.99. The summed E-state index contributed by atoms with van der Waals surface area (Å²) in [5.74, 6) is -0.626. The quantitative estimate of drug-likeness (QED) is 0.850. The van der Waals surface area contributed by atoms with Gasteiger partial charge in [0.05, 0.1) is 18.2 Å². The number of hydrogen-bond donors (Lipinski definition) is 2. The van der Waals surface area contributed by atoms with E-state index in [1.165, 1.54) is 16.7 Å². The van der Waals surface area contributed by atoms with Crippen LogP contribution in [0.15, 0.2) is 29.2 Å². The lowest BCUT2D eigenvalue weighted by Crippen LogP contribution is -2.45. The number of hydrogen-bond acceptors (Lipinski definition) is 4. The Balaban J connectivity index is 2.32. The van der Waals surface area contributed by atoms with E-state index in [4.69, 9.17) is 10.8 Å². The van der Waals surface area contributed by atoms with Crippen LogP contribution in [0.25, 0.3) is 0 Å². The Hall–Kier alpha value is -1.53. The number of aliphatic carboxylic acids is 1. The molecule has 0 saturated heterocycles. The fourth-order valence-electron chi connectivity index (χ4n) is 1.81. The minimum absolute atomic E-state index is 0.0859. The number of anilines is 1. The number of amides is 1. The van der Waals surface area contributed by atoms with Crippen molar-refractivity contribution in [3.63, 3.8) is 0 Å². The van der Waals surface area contributed by atoms with Crippen LogP contribution in [0.1, 0.15) is 6.42 Å². The number of carboxylic acid groups (broad SMARTS) is 1. The molecule has 0 saturated carbocycles. The first kappa shape index (κ1) is 12.9. The van der Waals surface area contributed by atoms with Crippen molar-refractivity contribution in [2.45, 2.75) is 17.4 Å². The minimum Gasteiger partial charge on any atom is -0.481 e. The lowest BCUT2D eigenvalue weighted by Gasteiger charge is -2.23. The van der Waals surface area contributed by atoms with Gasteiger partial charge in [0, 0.05) is 17.2 Å². The minimum atomic E-state index is -0.925. The predicted octanol–water partition coefficient (Wildman–Crippen LogP) is 0.927. The summed E-state index contributed by atoms with van der Waals surface area (Å²) >= 11 is 1.52.